The number of benzene rings is 1. The monoisotopic (exact) mass is 372 g/mol. The average Bonchev–Trinajstić information content (AvgIpc) is 2.56. The van der Waals surface area contributed by atoms with E-state index in [0.717, 1.165) is 37.8 Å². The van der Waals surface area contributed by atoms with Crippen molar-refractivity contribution >= 4 is 15.9 Å². The van der Waals surface area contributed by atoms with Crippen molar-refractivity contribution in [3.8, 4) is 0 Å². The van der Waals surface area contributed by atoms with Crippen LogP contribution in [0, 0.1) is 5.82 Å². The highest BCUT2D eigenvalue weighted by molar-refractivity contribution is 7.89. The molecule has 0 saturated carbocycles. The number of amides is 1. The Kier molecular flexibility index (Phi) is 8.52. The zero-order valence-corrected chi connectivity index (χ0v) is 16.3. The van der Waals surface area contributed by atoms with Crippen LogP contribution in [0.1, 0.15) is 63.7 Å². The number of halogens is 1. The van der Waals surface area contributed by atoms with Crippen molar-refractivity contribution in [3.05, 3.63) is 29.6 Å². The summed E-state index contributed by atoms with van der Waals surface area (Å²) in [6.45, 7) is 8.05. The molecule has 0 aliphatic heterocycles. The van der Waals surface area contributed by atoms with Crippen LogP contribution in [0.3, 0.4) is 0 Å². The number of carbonyl (C=O) groups excluding carboxylic acids is 1. The summed E-state index contributed by atoms with van der Waals surface area (Å²) in [4.78, 5) is 12.3. The highest BCUT2D eigenvalue weighted by atomic mass is 32.2. The van der Waals surface area contributed by atoms with Crippen molar-refractivity contribution < 1.29 is 17.6 Å². The summed E-state index contributed by atoms with van der Waals surface area (Å²) < 4.78 is 40.4. The van der Waals surface area contributed by atoms with Gasteiger partial charge in [0.15, 0.2) is 0 Å². The second-order valence-electron chi connectivity index (χ2n) is 6.10. The van der Waals surface area contributed by atoms with E-state index in [4.69, 9.17) is 0 Å². The van der Waals surface area contributed by atoms with Gasteiger partial charge in [-0.1, -0.05) is 40.0 Å². The fourth-order valence-corrected chi connectivity index (χ4v) is 4.11. The SMILES string of the molecule is CCCCCC(C)NC(=O)c1cc(S(=O)(=O)N(CC)CC)ccc1F. The van der Waals surface area contributed by atoms with Gasteiger partial charge in [0, 0.05) is 19.1 Å². The molecule has 0 saturated heterocycles. The number of hydrogen-bond acceptors (Lipinski definition) is 3. The van der Waals surface area contributed by atoms with Gasteiger partial charge in [-0.2, -0.15) is 4.31 Å². The summed E-state index contributed by atoms with van der Waals surface area (Å²) in [6.07, 6.45) is 3.95. The first-order valence-corrected chi connectivity index (χ1v) is 10.3. The number of rotatable bonds is 10. The Labute approximate surface area is 150 Å². The van der Waals surface area contributed by atoms with Gasteiger partial charge in [0.25, 0.3) is 5.91 Å². The molecule has 0 radical (unpaired) electrons. The Morgan fingerprint density at radius 2 is 1.84 bits per heavy atom. The molecule has 5 nitrogen and oxygen atoms in total. The van der Waals surface area contributed by atoms with Crippen LogP contribution in [-0.2, 0) is 10.0 Å². The number of nitrogens with one attached hydrogen (secondary N) is 1. The van der Waals surface area contributed by atoms with E-state index < -0.39 is 21.7 Å². The standard InChI is InChI=1S/C18H29FN2O3S/c1-5-8-9-10-14(4)20-18(22)16-13-15(11-12-17(16)19)25(23,24)21(6-2)7-3/h11-14H,5-10H2,1-4H3,(H,20,22). The number of unbranched alkanes of at least 4 members (excludes halogenated alkanes) is 2. The summed E-state index contributed by atoms with van der Waals surface area (Å²) in [7, 11) is -3.73. The molecule has 0 fully saturated rings. The fraction of sp³-hybridized carbons (Fsp3) is 0.611. The molecule has 1 amide bonds. The molecule has 0 spiro atoms. The fourth-order valence-electron chi connectivity index (χ4n) is 2.63. The molecule has 1 aromatic rings. The maximum Gasteiger partial charge on any atom is 0.254 e. The minimum absolute atomic E-state index is 0.0682. The van der Waals surface area contributed by atoms with Gasteiger partial charge in [0.2, 0.25) is 10.0 Å². The number of sulfonamides is 1. The summed E-state index contributed by atoms with van der Waals surface area (Å²) in [6, 6.07) is 3.26. The summed E-state index contributed by atoms with van der Waals surface area (Å²) in [5.41, 5.74) is -0.240. The second kappa shape index (κ2) is 9.87. The van der Waals surface area contributed by atoms with Gasteiger partial charge in [0.1, 0.15) is 5.82 Å². The number of nitrogens with zero attached hydrogens (tertiary/aromatic N) is 1. The van der Waals surface area contributed by atoms with E-state index in [1.165, 1.54) is 10.4 Å². The van der Waals surface area contributed by atoms with Crippen LogP contribution in [-0.4, -0.2) is 37.8 Å². The lowest BCUT2D eigenvalue weighted by atomic mass is 10.1. The van der Waals surface area contributed by atoms with Crippen molar-refractivity contribution in [2.45, 2.75) is 64.3 Å². The lowest BCUT2D eigenvalue weighted by Gasteiger charge is -2.19. The van der Waals surface area contributed by atoms with Crippen molar-refractivity contribution in [3.63, 3.8) is 0 Å². The molecular weight excluding hydrogens is 343 g/mol. The topological polar surface area (TPSA) is 66.5 Å². The lowest BCUT2D eigenvalue weighted by Crippen LogP contribution is -2.34. The Bertz CT molecular complexity index is 673. The van der Waals surface area contributed by atoms with Crippen LogP contribution in [0.5, 0.6) is 0 Å². The van der Waals surface area contributed by atoms with Gasteiger partial charge in [-0.05, 0) is 31.5 Å². The van der Waals surface area contributed by atoms with Gasteiger partial charge >= 0.3 is 0 Å². The summed E-state index contributed by atoms with van der Waals surface area (Å²) in [5, 5.41) is 2.74. The zero-order valence-electron chi connectivity index (χ0n) is 15.5. The Morgan fingerprint density at radius 1 is 1.20 bits per heavy atom. The Hall–Kier alpha value is -1.47. The van der Waals surface area contributed by atoms with Gasteiger partial charge in [-0.15, -0.1) is 0 Å². The van der Waals surface area contributed by atoms with Gasteiger partial charge < -0.3 is 5.32 Å². The highest BCUT2D eigenvalue weighted by Crippen LogP contribution is 2.19. The van der Waals surface area contributed by atoms with Gasteiger partial charge in [-0.3, -0.25) is 4.79 Å². The quantitative estimate of drug-likeness (QED) is 0.639. The summed E-state index contributed by atoms with van der Waals surface area (Å²) in [5.74, 6) is -1.31. The van der Waals surface area contributed by atoms with E-state index in [1.807, 2.05) is 6.92 Å². The number of carbonyl (C=O) groups is 1. The molecule has 0 aliphatic carbocycles. The normalized spacial score (nSPS) is 13.0. The third-order valence-corrected chi connectivity index (χ3v) is 6.19. The van der Waals surface area contributed by atoms with Crippen LogP contribution in [0.15, 0.2) is 23.1 Å². The van der Waals surface area contributed by atoms with Crippen molar-refractivity contribution in [2.75, 3.05) is 13.1 Å². The van der Waals surface area contributed by atoms with E-state index in [2.05, 4.69) is 12.2 Å². The Morgan fingerprint density at radius 3 is 2.40 bits per heavy atom. The minimum atomic E-state index is -3.73. The minimum Gasteiger partial charge on any atom is -0.349 e. The lowest BCUT2D eigenvalue weighted by molar-refractivity contribution is 0.0933. The van der Waals surface area contributed by atoms with E-state index in [-0.39, 0.29) is 16.5 Å². The van der Waals surface area contributed by atoms with E-state index in [1.54, 1.807) is 13.8 Å². The van der Waals surface area contributed by atoms with Crippen LogP contribution < -0.4 is 5.32 Å². The predicted octanol–water partition coefficient (Wildman–Crippen LogP) is 3.55. The molecule has 0 aromatic heterocycles. The smallest absolute Gasteiger partial charge is 0.254 e. The van der Waals surface area contributed by atoms with E-state index >= 15 is 0 Å². The highest BCUT2D eigenvalue weighted by Gasteiger charge is 2.24. The van der Waals surface area contributed by atoms with Crippen LogP contribution in [0.4, 0.5) is 4.39 Å². The van der Waals surface area contributed by atoms with Gasteiger partial charge in [0.05, 0.1) is 10.5 Å². The summed E-state index contributed by atoms with van der Waals surface area (Å²) >= 11 is 0. The molecule has 1 rings (SSSR count). The maximum atomic E-state index is 14.1. The molecule has 25 heavy (non-hydrogen) atoms. The van der Waals surface area contributed by atoms with E-state index in [9.17, 15) is 17.6 Å². The van der Waals surface area contributed by atoms with Crippen LogP contribution in [0.2, 0.25) is 0 Å². The molecule has 0 bridgehead atoms. The van der Waals surface area contributed by atoms with E-state index in [0.29, 0.717) is 13.1 Å². The molecule has 1 N–H and O–H groups in total. The maximum absolute atomic E-state index is 14.1. The number of hydrogen-bond donors (Lipinski definition) is 1. The Balaban J connectivity index is 3.00. The average molecular weight is 373 g/mol. The van der Waals surface area contributed by atoms with Crippen LogP contribution in [0.25, 0.3) is 0 Å². The first-order chi connectivity index (χ1) is 11.8. The van der Waals surface area contributed by atoms with Crippen molar-refractivity contribution in [1.82, 2.24) is 9.62 Å². The molecule has 1 aromatic carbocycles. The molecule has 1 unspecified atom stereocenters. The first-order valence-electron chi connectivity index (χ1n) is 8.88. The largest absolute Gasteiger partial charge is 0.349 e. The van der Waals surface area contributed by atoms with Crippen molar-refractivity contribution in [1.29, 1.82) is 0 Å². The third kappa shape index (κ3) is 5.78. The van der Waals surface area contributed by atoms with Gasteiger partial charge in [-0.25, -0.2) is 12.8 Å². The molecule has 0 aliphatic rings. The predicted molar refractivity (Wildman–Crippen MR) is 97.6 cm³/mol. The first kappa shape index (κ1) is 21.6. The molecule has 142 valence electrons. The van der Waals surface area contributed by atoms with Crippen LogP contribution >= 0.6 is 0 Å². The molecule has 1 atom stereocenters. The third-order valence-electron chi connectivity index (χ3n) is 4.14. The molecule has 7 heteroatoms. The zero-order chi connectivity index (χ0) is 19.0. The molecule has 0 heterocycles. The van der Waals surface area contributed by atoms with Crippen molar-refractivity contribution in [2.24, 2.45) is 0 Å². The molecular formula is C18H29FN2O3S. The second-order valence-corrected chi connectivity index (χ2v) is 8.04.